The Morgan fingerprint density at radius 2 is 1.96 bits per heavy atom. The molecule has 5 nitrogen and oxygen atoms in total. The van der Waals surface area contributed by atoms with E-state index in [2.05, 4.69) is 46.2 Å². The number of nitrogens with zero attached hydrogens (tertiary/aromatic N) is 3. The standard InChI is InChI=1S/C18H21N5S/c1-12(2)8-10-21-17-15(19)18(23-11-22-17)24-14-7-3-5-13-6-4-9-20-16(13)14/h3-7,9,11-12H,8,10,19H2,1-2H3,(H,21,22,23). The van der Waals surface area contributed by atoms with Crippen LogP contribution in [0, 0.1) is 5.92 Å². The molecule has 0 amide bonds. The Labute approximate surface area is 146 Å². The van der Waals surface area contributed by atoms with Crippen molar-refractivity contribution in [2.45, 2.75) is 30.2 Å². The van der Waals surface area contributed by atoms with Crippen LogP contribution in [0.25, 0.3) is 10.9 Å². The van der Waals surface area contributed by atoms with E-state index in [4.69, 9.17) is 5.73 Å². The molecule has 0 aliphatic carbocycles. The predicted octanol–water partition coefficient (Wildman–Crippen LogP) is 4.22. The lowest BCUT2D eigenvalue weighted by Gasteiger charge is -2.12. The molecule has 2 aromatic heterocycles. The number of nitrogen functional groups attached to an aromatic ring is 1. The van der Waals surface area contributed by atoms with Gasteiger partial charge >= 0.3 is 0 Å². The van der Waals surface area contributed by atoms with Crippen LogP contribution in [-0.2, 0) is 0 Å². The molecule has 0 radical (unpaired) electrons. The van der Waals surface area contributed by atoms with Crippen molar-refractivity contribution in [3.05, 3.63) is 42.9 Å². The van der Waals surface area contributed by atoms with Gasteiger partial charge in [-0.2, -0.15) is 0 Å². The molecule has 3 aromatic rings. The normalized spacial score (nSPS) is 11.1. The van der Waals surface area contributed by atoms with E-state index in [9.17, 15) is 0 Å². The highest BCUT2D eigenvalue weighted by molar-refractivity contribution is 7.99. The third-order valence-electron chi connectivity index (χ3n) is 3.66. The summed E-state index contributed by atoms with van der Waals surface area (Å²) in [5.74, 6) is 1.33. The van der Waals surface area contributed by atoms with Crippen LogP contribution >= 0.6 is 11.8 Å². The molecule has 0 fully saturated rings. The summed E-state index contributed by atoms with van der Waals surface area (Å²) in [6, 6.07) is 10.1. The van der Waals surface area contributed by atoms with Gasteiger partial charge in [0.25, 0.3) is 0 Å². The van der Waals surface area contributed by atoms with Crippen molar-refractivity contribution >= 4 is 34.2 Å². The molecular weight excluding hydrogens is 318 g/mol. The first-order valence-electron chi connectivity index (χ1n) is 8.01. The molecular formula is C18H21N5S. The molecule has 1 aromatic carbocycles. The van der Waals surface area contributed by atoms with Gasteiger partial charge in [0.1, 0.15) is 17.0 Å². The summed E-state index contributed by atoms with van der Waals surface area (Å²) < 4.78 is 0. The van der Waals surface area contributed by atoms with Crippen molar-refractivity contribution in [1.29, 1.82) is 0 Å². The fraction of sp³-hybridized carbons (Fsp3) is 0.278. The number of pyridine rings is 1. The van der Waals surface area contributed by atoms with E-state index in [-0.39, 0.29) is 0 Å². The van der Waals surface area contributed by atoms with Crippen LogP contribution in [0.4, 0.5) is 11.5 Å². The monoisotopic (exact) mass is 339 g/mol. The average molecular weight is 339 g/mol. The number of nitrogens with one attached hydrogen (secondary N) is 1. The van der Waals surface area contributed by atoms with Gasteiger partial charge in [0.15, 0.2) is 5.82 Å². The first-order chi connectivity index (χ1) is 11.6. The zero-order chi connectivity index (χ0) is 16.9. The van der Waals surface area contributed by atoms with E-state index in [0.29, 0.717) is 17.4 Å². The van der Waals surface area contributed by atoms with Crippen molar-refractivity contribution in [3.63, 3.8) is 0 Å². The van der Waals surface area contributed by atoms with Crippen molar-refractivity contribution in [1.82, 2.24) is 15.0 Å². The number of rotatable bonds is 6. The van der Waals surface area contributed by atoms with Crippen LogP contribution in [0.2, 0.25) is 0 Å². The van der Waals surface area contributed by atoms with Gasteiger partial charge in [-0.05, 0) is 24.5 Å². The second-order valence-corrected chi connectivity index (χ2v) is 7.01. The number of anilines is 2. The molecule has 0 atom stereocenters. The quantitative estimate of drug-likeness (QED) is 0.655. The van der Waals surface area contributed by atoms with Crippen LogP contribution < -0.4 is 11.1 Å². The van der Waals surface area contributed by atoms with Crippen LogP contribution in [0.1, 0.15) is 20.3 Å². The summed E-state index contributed by atoms with van der Waals surface area (Å²) >= 11 is 1.52. The second-order valence-electron chi connectivity index (χ2n) is 5.98. The highest BCUT2D eigenvalue weighted by Crippen LogP contribution is 2.36. The molecule has 3 rings (SSSR count). The Morgan fingerprint density at radius 3 is 2.79 bits per heavy atom. The van der Waals surface area contributed by atoms with Gasteiger partial charge < -0.3 is 11.1 Å². The van der Waals surface area contributed by atoms with Gasteiger partial charge in [0.2, 0.25) is 0 Å². The molecule has 0 aliphatic heterocycles. The summed E-state index contributed by atoms with van der Waals surface area (Å²) in [5.41, 5.74) is 7.80. The highest BCUT2D eigenvalue weighted by Gasteiger charge is 2.11. The fourth-order valence-corrected chi connectivity index (χ4v) is 3.27. The lowest BCUT2D eigenvalue weighted by Crippen LogP contribution is -2.09. The topological polar surface area (TPSA) is 76.7 Å². The molecule has 0 saturated carbocycles. The molecule has 3 N–H and O–H groups in total. The van der Waals surface area contributed by atoms with Crippen molar-refractivity contribution < 1.29 is 0 Å². The lowest BCUT2D eigenvalue weighted by molar-refractivity contribution is 0.606. The van der Waals surface area contributed by atoms with E-state index < -0.39 is 0 Å². The van der Waals surface area contributed by atoms with Crippen LogP contribution in [0.3, 0.4) is 0 Å². The summed E-state index contributed by atoms with van der Waals surface area (Å²) in [5, 5.41) is 5.15. The number of para-hydroxylation sites is 1. The van der Waals surface area contributed by atoms with E-state index in [1.807, 2.05) is 18.2 Å². The van der Waals surface area contributed by atoms with Gasteiger partial charge in [0, 0.05) is 23.0 Å². The van der Waals surface area contributed by atoms with E-state index >= 15 is 0 Å². The summed E-state index contributed by atoms with van der Waals surface area (Å²) in [6.07, 6.45) is 4.42. The van der Waals surface area contributed by atoms with E-state index in [1.54, 1.807) is 12.5 Å². The number of fused-ring (bicyclic) bond motifs is 1. The maximum Gasteiger partial charge on any atom is 0.153 e. The fourth-order valence-electron chi connectivity index (χ4n) is 2.34. The Kier molecular flexibility index (Phi) is 5.15. The SMILES string of the molecule is CC(C)CCNc1ncnc(Sc2cccc3cccnc23)c1N. The highest BCUT2D eigenvalue weighted by atomic mass is 32.2. The zero-order valence-electron chi connectivity index (χ0n) is 13.9. The van der Waals surface area contributed by atoms with Crippen molar-refractivity contribution in [3.8, 4) is 0 Å². The van der Waals surface area contributed by atoms with Crippen LogP contribution in [-0.4, -0.2) is 21.5 Å². The van der Waals surface area contributed by atoms with Gasteiger partial charge in [0.05, 0.1) is 5.52 Å². The molecule has 0 unspecified atom stereocenters. The molecule has 2 heterocycles. The minimum Gasteiger partial charge on any atom is -0.394 e. The first kappa shape index (κ1) is 16.5. The number of aromatic nitrogens is 3. The van der Waals surface area contributed by atoms with Gasteiger partial charge in [-0.15, -0.1) is 0 Å². The molecule has 6 heteroatoms. The van der Waals surface area contributed by atoms with E-state index in [0.717, 1.165) is 33.8 Å². The van der Waals surface area contributed by atoms with Crippen LogP contribution in [0.15, 0.2) is 52.8 Å². The Bertz CT molecular complexity index is 829. The molecule has 124 valence electrons. The minimum absolute atomic E-state index is 0.583. The van der Waals surface area contributed by atoms with Gasteiger partial charge in [-0.1, -0.05) is 43.8 Å². The van der Waals surface area contributed by atoms with Gasteiger partial charge in [-0.25, -0.2) is 9.97 Å². The van der Waals surface area contributed by atoms with Crippen molar-refractivity contribution in [2.75, 3.05) is 17.6 Å². The van der Waals surface area contributed by atoms with Gasteiger partial charge in [-0.3, -0.25) is 4.98 Å². The molecule has 24 heavy (non-hydrogen) atoms. The maximum absolute atomic E-state index is 6.26. The molecule has 0 spiro atoms. The number of hydrogen-bond acceptors (Lipinski definition) is 6. The number of benzene rings is 1. The lowest BCUT2D eigenvalue weighted by atomic mass is 10.1. The molecule has 0 aliphatic rings. The predicted molar refractivity (Wildman–Crippen MR) is 100 cm³/mol. The smallest absolute Gasteiger partial charge is 0.153 e. The second kappa shape index (κ2) is 7.49. The maximum atomic E-state index is 6.26. The third kappa shape index (κ3) is 3.76. The number of nitrogens with two attached hydrogens (primary N) is 1. The minimum atomic E-state index is 0.583. The third-order valence-corrected chi connectivity index (χ3v) is 4.73. The Morgan fingerprint density at radius 1 is 1.12 bits per heavy atom. The average Bonchev–Trinajstić information content (AvgIpc) is 2.58. The zero-order valence-corrected chi connectivity index (χ0v) is 14.7. The van der Waals surface area contributed by atoms with Crippen LogP contribution in [0.5, 0.6) is 0 Å². The van der Waals surface area contributed by atoms with E-state index in [1.165, 1.54) is 11.8 Å². The van der Waals surface area contributed by atoms with Crippen molar-refractivity contribution in [2.24, 2.45) is 5.92 Å². The molecule has 0 saturated heterocycles. The Balaban J connectivity index is 1.84. The Hall–Kier alpha value is -2.34. The summed E-state index contributed by atoms with van der Waals surface area (Å²) in [7, 11) is 0. The summed E-state index contributed by atoms with van der Waals surface area (Å²) in [4.78, 5) is 14.1. The summed E-state index contributed by atoms with van der Waals surface area (Å²) in [6.45, 7) is 5.23. The number of hydrogen-bond donors (Lipinski definition) is 2. The first-order valence-corrected chi connectivity index (χ1v) is 8.82. The molecule has 0 bridgehead atoms. The largest absolute Gasteiger partial charge is 0.394 e.